The number of hydrogen-bond acceptors (Lipinski definition) is 3. The lowest BCUT2D eigenvalue weighted by molar-refractivity contribution is -0.914. The summed E-state index contributed by atoms with van der Waals surface area (Å²) in [5.41, 5.74) is 4.98. The van der Waals surface area contributed by atoms with Crippen LogP contribution in [0.2, 0.25) is 0 Å². The zero-order chi connectivity index (χ0) is 17.1. The summed E-state index contributed by atoms with van der Waals surface area (Å²) in [7, 11) is 1.66. The molecule has 0 amide bonds. The molecular weight excluding hydrogens is 300 g/mol. The first-order chi connectivity index (χ1) is 11.6. The molecule has 1 fully saturated rings. The fraction of sp³-hybridized carbons (Fsp3) is 0.400. The van der Waals surface area contributed by atoms with Gasteiger partial charge >= 0.3 is 0 Å². The first-order valence-corrected chi connectivity index (χ1v) is 8.58. The Labute approximate surface area is 144 Å². The molecule has 0 aliphatic carbocycles. The number of nitrogens with zero attached hydrogens (tertiary/aromatic N) is 1. The van der Waals surface area contributed by atoms with E-state index in [0.717, 1.165) is 44.0 Å². The summed E-state index contributed by atoms with van der Waals surface area (Å²) in [6, 6.07) is 12.1. The average Bonchev–Trinajstić information content (AvgIpc) is 2.60. The smallest absolute Gasteiger partial charge is 0.124 e. The number of phenols is 1. The molecule has 1 aliphatic heterocycles. The van der Waals surface area contributed by atoms with Gasteiger partial charge in [-0.2, -0.15) is 0 Å². The molecule has 4 heteroatoms. The molecule has 0 unspecified atom stereocenters. The number of benzene rings is 2. The third-order valence-corrected chi connectivity index (χ3v) is 4.90. The van der Waals surface area contributed by atoms with Gasteiger partial charge in [0.05, 0.1) is 38.9 Å². The summed E-state index contributed by atoms with van der Waals surface area (Å²) in [5.74, 6) is 1.16. The largest absolute Gasteiger partial charge is 0.507 e. The molecule has 0 radical (unpaired) electrons. The van der Waals surface area contributed by atoms with Crippen molar-refractivity contribution in [3.05, 3.63) is 53.1 Å². The standard InChI is InChI=1S/C20H26N2O2/c1-15-4-5-16(2)19(12-15)22-10-8-21(9-11-22)14-17-13-18(24-3)6-7-20(17)23/h4-7,12-13,23H,8-11,14H2,1-3H3/p+1. The summed E-state index contributed by atoms with van der Waals surface area (Å²) in [4.78, 5) is 3.98. The molecule has 1 saturated heterocycles. The second-order valence-corrected chi connectivity index (χ2v) is 6.70. The van der Waals surface area contributed by atoms with Crippen molar-refractivity contribution in [3.8, 4) is 11.5 Å². The number of aromatic hydroxyl groups is 1. The second kappa shape index (κ2) is 7.14. The van der Waals surface area contributed by atoms with Crippen molar-refractivity contribution in [2.24, 2.45) is 0 Å². The number of aryl methyl sites for hydroxylation is 2. The Balaban J connectivity index is 1.64. The number of hydrogen-bond donors (Lipinski definition) is 2. The van der Waals surface area contributed by atoms with Gasteiger partial charge < -0.3 is 19.6 Å². The van der Waals surface area contributed by atoms with Gasteiger partial charge in [0.2, 0.25) is 0 Å². The lowest BCUT2D eigenvalue weighted by Gasteiger charge is -2.34. The monoisotopic (exact) mass is 327 g/mol. The van der Waals surface area contributed by atoms with Crippen LogP contribution in [-0.4, -0.2) is 38.4 Å². The van der Waals surface area contributed by atoms with E-state index in [1.165, 1.54) is 21.7 Å². The van der Waals surface area contributed by atoms with E-state index in [0.29, 0.717) is 5.75 Å². The Morgan fingerprint density at radius 1 is 1.08 bits per heavy atom. The van der Waals surface area contributed by atoms with Gasteiger partial charge in [-0.1, -0.05) is 12.1 Å². The Bertz CT molecular complexity index is 707. The lowest BCUT2D eigenvalue weighted by Crippen LogP contribution is -3.13. The number of phenolic OH excluding ortho intramolecular Hbond substituents is 1. The van der Waals surface area contributed by atoms with E-state index in [4.69, 9.17) is 4.74 Å². The highest BCUT2D eigenvalue weighted by Crippen LogP contribution is 2.23. The normalized spacial score (nSPS) is 15.5. The van der Waals surface area contributed by atoms with Crippen LogP contribution >= 0.6 is 0 Å². The number of nitrogens with one attached hydrogen (secondary N) is 1. The predicted octanol–water partition coefficient (Wildman–Crippen LogP) is 1.92. The Kier molecular flexibility index (Phi) is 4.95. The minimum Gasteiger partial charge on any atom is -0.507 e. The van der Waals surface area contributed by atoms with Gasteiger partial charge in [-0.3, -0.25) is 0 Å². The molecule has 2 N–H and O–H groups in total. The maximum absolute atomic E-state index is 10.1. The van der Waals surface area contributed by atoms with Gasteiger partial charge in [0, 0.05) is 5.69 Å². The van der Waals surface area contributed by atoms with E-state index in [1.54, 1.807) is 19.2 Å². The van der Waals surface area contributed by atoms with Gasteiger partial charge in [0.25, 0.3) is 0 Å². The van der Waals surface area contributed by atoms with Crippen LogP contribution < -0.4 is 14.5 Å². The van der Waals surface area contributed by atoms with Gasteiger partial charge in [0.15, 0.2) is 0 Å². The van der Waals surface area contributed by atoms with Crippen molar-refractivity contribution in [1.29, 1.82) is 0 Å². The first-order valence-electron chi connectivity index (χ1n) is 8.58. The van der Waals surface area contributed by atoms with E-state index in [2.05, 4.69) is 36.9 Å². The van der Waals surface area contributed by atoms with Gasteiger partial charge in [0.1, 0.15) is 18.0 Å². The van der Waals surface area contributed by atoms with Crippen molar-refractivity contribution in [2.45, 2.75) is 20.4 Å². The van der Waals surface area contributed by atoms with Crippen molar-refractivity contribution in [1.82, 2.24) is 0 Å². The number of ether oxygens (including phenoxy) is 1. The van der Waals surface area contributed by atoms with E-state index in [9.17, 15) is 5.11 Å². The minimum absolute atomic E-state index is 0.361. The molecule has 0 saturated carbocycles. The van der Waals surface area contributed by atoms with E-state index >= 15 is 0 Å². The Hall–Kier alpha value is -2.20. The van der Waals surface area contributed by atoms with E-state index in [1.807, 2.05) is 6.07 Å². The summed E-state index contributed by atoms with van der Waals surface area (Å²) in [5, 5.41) is 10.1. The number of quaternary nitrogens is 1. The quantitative estimate of drug-likeness (QED) is 0.901. The number of rotatable bonds is 4. The van der Waals surface area contributed by atoms with Crippen LogP contribution in [0.25, 0.3) is 0 Å². The topological polar surface area (TPSA) is 37.1 Å². The molecule has 0 bridgehead atoms. The third kappa shape index (κ3) is 3.65. The Morgan fingerprint density at radius 2 is 1.83 bits per heavy atom. The highest BCUT2D eigenvalue weighted by atomic mass is 16.5. The highest BCUT2D eigenvalue weighted by Gasteiger charge is 2.22. The average molecular weight is 327 g/mol. The molecule has 1 aliphatic rings. The molecule has 24 heavy (non-hydrogen) atoms. The maximum atomic E-state index is 10.1. The minimum atomic E-state index is 0.361. The van der Waals surface area contributed by atoms with Gasteiger partial charge in [-0.15, -0.1) is 0 Å². The molecule has 1 heterocycles. The summed E-state index contributed by atoms with van der Waals surface area (Å²) in [6.45, 7) is 9.41. The SMILES string of the molecule is COc1ccc(O)c(C[NH+]2CCN(c3cc(C)ccc3C)CC2)c1. The molecular formula is C20H27N2O2+. The zero-order valence-electron chi connectivity index (χ0n) is 14.8. The number of piperazine rings is 1. The third-order valence-electron chi connectivity index (χ3n) is 4.90. The van der Waals surface area contributed by atoms with Gasteiger partial charge in [-0.05, 0) is 49.2 Å². The first kappa shape index (κ1) is 16.7. The molecule has 2 aromatic carbocycles. The van der Waals surface area contributed by atoms with E-state index in [-0.39, 0.29) is 0 Å². The van der Waals surface area contributed by atoms with Crippen molar-refractivity contribution in [3.63, 3.8) is 0 Å². The molecule has 0 spiro atoms. The summed E-state index contributed by atoms with van der Waals surface area (Å²) in [6.07, 6.45) is 0. The molecule has 3 rings (SSSR count). The van der Waals surface area contributed by atoms with Crippen LogP contribution in [0.3, 0.4) is 0 Å². The van der Waals surface area contributed by atoms with Crippen LogP contribution in [0.5, 0.6) is 11.5 Å². The summed E-state index contributed by atoms with van der Waals surface area (Å²) < 4.78 is 5.27. The van der Waals surface area contributed by atoms with Gasteiger partial charge in [-0.25, -0.2) is 0 Å². The lowest BCUT2D eigenvalue weighted by atomic mass is 10.1. The summed E-state index contributed by atoms with van der Waals surface area (Å²) >= 11 is 0. The van der Waals surface area contributed by atoms with Crippen molar-refractivity contribution < 1.29 is 14.7 Å². The molecule has 4 nitrogen and oxygen atoms in total. The zero-order valence-corrected chi connectivity index (χ0v) is 14.8. The molecule has 0 atom stereocenters. The second-order valence-electron chi connectivity index (χ2n) is 6.70. The van der Waals surface area contributed by atoms with Crippen LogP contribution in [0.4, 0.5) is 5.69 Å². The number of methoxy groups -OCH3 is 1. The van der Waals surface area contributed by atoms with Crippen LogP contribution in [0, 0.1) is 13.8 Å². The van der Waals surface area contributed by atoms with Crippen LogP contribution in [0.1, 0.15) is 16.7 Å². The fourth-order valence-corrected chi connectivity index (χ4v) is 3.40. The van der Waals surface area contributed by atoms with E-state index < -0.39 is 0 Å². The fourth-order valence-electron chi connectivity index (χ4n) is 3.40. The molecule has 2 aromatic rings. The molecule has 0 aromatic heterocycles. The van der Waals surface area contributed by atoms with Crippen LogP contribution in [0.15, 0.2) is 36.4 Å². The van der Waals surface area contributed by atoms with Crippen molar-refractivity contribution in [2.75, 3.05) is 38.2 Å². The maximum Gasteiger partial charge on any atom is 0.124 e. The Morgan fingerprint density at radius 3 is 2.54 bits per heavy atom. The molecule has 128 valence electrons. The van der Waals surface area contributed by atoms with Crippen LogP contribution in [-0.2, 0) is 6.54 Å². The number of anilines is 1. The van der Waals surface area contributed by atoms with Crippen molar-refractivity contribution >= 4 is 5.69 Å². The predicted molar refractivity (Wildman–Crippen MR) is 97.2 cm³/mol. The highest BCUT2D eigenvalue weighted by molar-refractivity contribution is 5.55.